The molecule has 0 spiro atoms. The second-order valence-corrected chi connectivity index (χ2v) is 21.8. The van der Waals surface area contributed by atoms with E-state index >= 15 is 0 Å². The molecule has 0 heterocycles. The molecule has 0 aliphatic carbocycles. The van der Waals surface area contributed by atoms with E-state index in [-0.39, 0.29) is 19.1 Å². The molecule has 0 aliphatic heterocycles. The van der Waals surface area contributed by atoms with Crippen molar-refractivity contribution in [2.45, 2.75) is 283 Å². The summed E-state index contributed by atoms with van der Waals surface area (Å²) < 4.78 is 23.7. The first-order valence-corrected chi connectivity index (χ1v) is 29.2. The van der Waals surface area contributed by atoms with Gasteiger partial charge in [-0.2, -0.15) is 0 Å². The van der Waals surface area contributed by atoms with Crippen molar-refractivity contribution in [3.05, 3.63) is 24.3 Å². The van der Waals surface area contributed by atoms with Crippen LogP contribution in [0.1, 0.15) is 271 Å². The average Bonchev–Trinajstić information content (AvgIpc) is 3.25. The molecule has 0 aromatic rings. The summed E-state index contributed by atoms with van der Waals surface area (Å²) in [6.07, 6.45) is 58.4. The first-order chi connectivity index (χ1) is 31.0. The number of unbranched alkanes of at least 4 members (excludes halogenated alkanes) is 36. The van der Waals surface area contributed by atoms with Crippen LogP contribution in [-0.2, 0) is 18.4 Å². The second-order valence-electron chi connectivity index (χ2n) is 20.3. The topological polar surface area (TPSA) is 105 Å². The molecule has 8 nitrogen and oxygen atoms in total. The molecule has 3 N–H and O–H groups in total. The number of carbonyl (C=O) groups excluding carboxylic acids is 1. The SMILES string of the molecule is CCCCCCCCCCC/C=C\CCCCCCCCCC(=O)NC(COP(=O)(O)OCC[N+](C)(C)C)C(O)/C=C/CCCCCCCCCCCCCCCCCCCCCC. The van der Waals surface area contributed by atoms with Crippen LogP contribution in [0, 0.1) is 0 Å². The molecular weight excluding hydrogens is 816 g/mol. The van der Waals surface area contributed by atoms with E-state index in [2.05, 4.69) is 31.3 Å². The van der Waals surface area contributed by atoms with Crippen LogP contribution in [-0.4, -0.2) is 73.4 Å². The van der Waals surface area contributed by atoms with Gasteiger partial charge in [0.1, 0.15) is 13.2 Å². The maximum Gasteiger partial charge on any atom is 0.472 e. The van der Waals surface area contributed by atoms with Gasteiger partial charge in [0.05, 0.1) is 39.9 Å². The zero-order valence-corrected chi connectivity index (χ0v) is 44.2. The zero-order chi connectivity index (χ0) is 47.1. The van der Waals surface area contributed by atoms with E-state index in [1.807, 2.05) is 27.2 Å². The largest absolute Gasteiger partial charge is 0.472 e. The fourth-order valence-corrected chi connectivity index (χ4v) is 9.01. The molecule has 0 aromatic heterocycles. The average molecular weight is 926 g/mol. The Kier molecular flexibility index (Phi) is 46.3. The minimum Gasteiger partial charge on any atom is -0.387 e. The highest BCUT2D eigenvalue weighted by molar-refractivity contribution is 7.47. The van der Waals surface area contributed by atoms with E-state index in [0.717, 1.165) is 38.5 Å². The van der Waals surface area contributed by atoms with Crippen molar-refractivity contribution >= 4 is 13.7 Å². The second kappa shape index (κ2) is 47.1. The Balaban J connectivity index is 4.25. The summed E-state index contributed by atoms with van der Waals surface area (Å²) in [5, 5.41) is 13.9. The molecule has 9 heteroatoms. The van der Waals surface area contributed by atoms with Gasteiger partial charge in [-0.15, -0.1) is 0 Å². The molecule has 3 atom stereocenters. The van der Waals surface area contributed by atoms with Crippen LogP contribution in [0.4, 0.5) is 0 Å². The number of phosphoric acid groups is 1. The van der Waals surface area contributed by atoms with Crippen molar-refractivity contribution in [3.8, 4) is 0 Å². The Hall–Kier alpha value is -1.02. The molecule has 0 aromatic carbocycles. The number of quaternary nitrogens is 1. The summed E-state index contributed by atoms with van der Waals surface area (Å²) in [7, 11) is 1.58. The van der Waals surface area contributed by atoms with Gasteiger partial charge in [-0.25, -0.2) is 4.57 Å². The van der Waals surface area contributed by atoms with Gasteiger partial charge < -0.3 is 19.8 Å². The summed E-state index contributed by atoms with van der Waals surface area (Å²) in [6.45, 7) is 4.85. The van der Waals surface area contributed by atoms with Gasteiger partial charge in [0, 0.05) is 6.42 Å². The van der Waals surface area contributed by atoms with Crippen molar-refractivity contribution in [1.82, 2.24) is 5.32 Å². The van der Waals surface area contributed by atoms with Crippen LogP contribution >= 0.6 is 7.82 Å². The fraction of sp³-hybridized carbons (Fsp3) is 0.909. The Morgan fingerprint density at radius 1 is 0.516 bits per heavy atom. The highest BCUT2D eigenvalue weighted by Crippen LogP contribution is 2.43. The quantitative estimate of drug-likeness (QED) is 0.0243. The number of phosphoric ester groups is 1. The van der Waals surface area contributed by atoms with Gasteiger partial charge in [0.25, 0.3) is 0 Å². The number of nitrogens with zero attached hydrogens (tertiary/aromatic N) is 1. The van der Waals surface area contributed by atoms with Crippen molar-refractivity contribution in [1.29, 1.82) is 0 Å². The maximum atomic E-state index is 13.0. The predicted molar refractivity (Wildman–Crippen MR) is 277 cm³/mol. The number of hydrogen-bond donors (Lipinski definition) is 3. The van der Waals surface area contributed by atoms with Crippen molar-refractivity contribution in [2.75, 3.05) is 40.9 Å². The van der Waals surface area contributed by atoms with E-state index in [1.54, 1.807) is 6.08 Å². The molecular formula is C55H110N2O6P+. The van der Waals surface area contributed by atoms with Gasteiger partial charge in [-0.1, -0.05) is 244 Å². The predicted octanol–water partition coefficient (Wildman–Crippen LogP) is 16.4. The summed E-state index contributed by atoms with van der Waals surface area (Å²) >= 11 is 0. The van der Waals surface area contributed by atoms with Crippen LogP contribution in [0.5, 0.6) is 0 Å². The highest BCUT2D eigenvalue weighted by atomic mass is 31.2. The number of carbonyl (C=O) groups is 1. The van der Waals surface area contributed by atoms with E-state index in [4.69, 9.17) is 9.05 Å². The van der Waals surface area contributed by atoms with Crippen molar-refractivity contribution in [2.24, 2.45) is 0 Å². The number of likely N-dealkylation sites (N-methyl/N-ethyl adjacent to an activating group) is 1. The van der Waals surface area contributed by atoms with E-state index < -0.39 is 20.0 Å². The van der Waals surface area contributed by atoms with Gasteiger partial charge in [-0.3, -0.25) is 13.8 Å². The van der Waals surface area contributed by atoms with E-state index in [9.17, 15) is 19.4 Å². The number of rotatable bonds is 51. The normalized spacial score (nSPS) is 14.2. The zero-order valence-electron chi connectivity index (χ0n) is 43.3. The van der Waals surface area contributed by atoms with Crippen molar-refractivity contribution in [3.63, 3.8) is 0 Å². The molecule has 1 amide bonds. The van der Waals surface area contributed by atoms with Crippen LogP contribution in [0.3, 0.4) is 0 Å². The number of hydrogen-bond acceptors (Lipinski definition) is 5. The standard InChI is InChI=1S/C55H109N2O6P/c1-6-8-10-12-14-16-18-20-22-24-26-28-29-30-32-34-36-38-40-42-44-46-48-54(58)53(52-63-64(60,61)62-51-50-57(3,4)5)56-55(59)49-47-45-43-41-39-37-35-33-31-27-25-23-21-19-17-15-13-11-9-7-2/h27,31,46,48,53-54,58H,6-26,28-30,32-45,47,49-52H2,1-5H3,(H-,56,59,60,61)/p+1/b31-27-,48-46+. The van der Waals surface area contributed by atoms with Gasteiger partial charge in [0.15, 0.2) is 0 Å². The minimum absolute atomic E-state index is 0.0622. The lowest BCUT2D eigenvalue weighted by atomic mass is 10.0. The van der Waals surface area contributed by atoms with Crippen molar-refractivity contribution < 1.29 is 32.9 Å². The lowest BCUT2D eigenvalue weighted by molar-refractivity contribution is -0.870. The van der Waals surface area contributed by atoms with Gasteiger partial charge in [-0.05, 0) is 44.9 Å². The summed E-state index contributed by atoms with van der Waals surface area (Å²) in [5.74, 6) is -0.178. The van der Waals surface area contributed by atoms with Crippen LogP contribution in [0.2, 0.25) is 0 Å². The molecule has 0 rings (SSSR count). The van der Waals surface area contributed by atoms with Gasteiger partial charge >= 0.3 is 7.82 Å². The third-order valence-electron chi connectivity index (χ3n) is 12.7. The first-order valence-electron chi connectivity index (χ1n) is 27.7. The lowest BCUT2D eigenvalue weighted by Gasteiger charge is -2.25. The number of aliphatic hydroxyl groups excluding tert-OH is 1. The van der Waals surface area contributed by atoms with Crippen LogP contribution < -0.4 is 5.32 Å². The third-order valence-corrected chi connectivity index (χ3v) is 13.6. The molecule has 0 bridgehead atoms. The Morgan fingerprint density at radius 3 is 1.20 bits per heavy atom. The van der Waals surface area contributed by atoms with Crippen LogP contribution in [0.25, 0.3) is 0 Å². The molecule has 64 heavy (non-hydrogen) atoms. The summed E-state index contributed by atoms with van der Waals surface area (Å²) in [5.41, 5.74) is 0. The molecule has 0 saturated heterocycles. The van der Waals surface area contributed by atoms with E-state index in [0.29, 0.717) is 17.4 Å². The number of aliphatic hydroxyl groups is 1. The minimum atomic E-state index is -4.34. The van der Waals surface area contributed by atoms with E-state index in [1.165, 1.54) is 212 Å². The number of amides is 1. The smallest absolute Gasteiger partial charge is 0.387 e. The molecule has 3 unspecified atom stereocenters. The Labute approximate surface area is 398 Å². The highest BCUT2D eigenvalue weighted by Gasteiger charge is 2.27. The lowest BCUT2D eigenvalue weighted by Crippen LogP contribution is -2.45. The summed E-state index contributed by atoms with van der Waals surface area (Å²) in [4.78, 5) is 23.3. The fourth-order valence-electron chi connectivity index (χ4n) is 8.27. The first kappa shape index (κ1) is 63.0. The monoisotopic (exact) mass is 926 g/mol. The number of allylic oxidation sites excluding steroid dienone is 3. The summed E-state index contributed by atoms with van der Waals surface area (Å²) in [6, 6.07) is -0.847. The molecule has 0 fully saturated rings. The third kappa shape index (κ3) is 48.9. The Morgan fingerprint density at radius 2 is 0.844 bits per heavy atom. The molecule has 380 valence electrons. The molecule has 0 aliphatic rings. The van der Waals surface area contributed by atoms with Gasteiger partial charge in [0.2, 0.25) is 5.91 Å². The molecule has 0 saturated carbocycles. The van der Waals surface area contributed by atoms with Crippen LogP contribution in [0.15, 0.2) is 24.3 Å². The number of nitrogens with one attached hydrogen (secondary N) is 1. The molecule has 0 radical (unpaired) electrons. The Bertz CT molecular complexity index is 1090. The maximum absolute atomic E-state index is 13.0.